The van der Waals surface area contributed by atoms with Gasteiger partial charge in [0, 0.05) is 19.2 Å². The van der Waals surface area contributed by atoms with Gasteiger partial charge in [0.2, 0.25) is 0 Å². The van der Waals surface area contributed by atoms with Gasteiger partial charge in [-0.15, -0.1) is 0 Å². The zero-order chi connectivity index (χ0) is 11.1. The van der Waals surface area contributed by atoms with Gasteiger partial charge in [-0.05, 0) is 38.1 Å². The van der Waals surface area contributed by atoms with Crippen molar-refractivity contribution >= 4 is 0 Å². The molecule has 0 aliphatic carbocycles. The largest absolute Gasteiger partial charge is 0.378 e. The minimum Gasteiger partial charge on any atom is -0.378 e. The third-order valence-corrected chi connectivity index (χ3v) is 3.21. The predicted molar refractivity (Wildman–Crippen MR) is 63.9 cm³/mol. The van der Waals surface area contributed by atoms with Crippen LogP contribution in [-0.4, -0.2) is 31.8 Å². The van der Waals surface area contributed by atoms with E-state index in [2.05, 4.69) is 19.2 Å². The molecule has 0 aromatic heterocycles. The normalized spacial score (nSPS) is 24.4. The van der Waals surface area contributed by atoms with Crippen LogP contribution >= 0.6 is 0 Å². The van der Waals surface area contributed by atoms with Gasteiger partial charge in [-0.25, -0.2) is 0 Å². The van der Waals surface area contributed by atoms with Crippen LogP contribution in [0.1, 0.15) is 39.5 Å². The molecule has 1 aliphatic rings. The number of hydrogen-bond acceptors (Lipinski definition) is 3. The number of hydrogen-bond donors (Lipinski definition) is 2. The molecule has 1 aliphatic heterocycles. The van der Waals surface area contributed by atoms with Crippen molar-refractivity contribution in [3.05, 3.63) is 0 Å². The second-order valence-corrected chi connectivity index (χ2v) is 4.82. The first-order chi connectivity index (χ1) is 7.24. The molecule has 0 saturated carbocycles. The smallest absolute Gasteiger partial charge is 0.0587 e. The number of nitrogens with one attached hydrogen (secondary N) is 1. The van der Waals surface area contributed by atoms with Crippen molar-refractivity contribution in [2.45, 2.75) is 51.7 Å². The Bertz CT molecular complexity index is 156. The molecule has 0 aromatic rings. The van der Waals surface area contributed by atoms with Crippen molar-refractivity contribution in [2.24, 2.45) is 11.7 Å². The van der Waals surface area contributed by atoms with Gasteiger partial charge >= 0.3 is 0 Å². The zero-order valence-corrected chi connectivity index (χ0v) is 10.2. The Morgan fingerprint density at radius 2 is 2.20 bits per heavy atom. The minimum atomic E-state index is 0.452. The first-order valence-corrected chi connectivity index (χ1v) is 6.29. The highest BCUT2D eigenvalue weighted by atomic mass is 16.5. The van der Waals surface area contributed by atoms with Crippen LogP contribution in [-0.2, 0) is 4.74 Å². The molecule has 15 heavy (non-hydrogen) atoms. The third-order valence-electron chi connectivity index (χ3n) is 3.21. The fourth-order valence-corrected chi connectivity index (χ4v) is 2.06. The molecule has 1 saturated heterocycles. The van der Waals surface area contributed by atoms with Gasteiger partial charge in [-0.2, -0.15) is 0 Å². The number of ether oxygens (including phenoxy) is 1. The van der Waals surface area contributed by atoms with Crippen LogP contribution in [0.2, 0.25) is 0 Å². The maximum Gasteiger partial charge on any atom is 0.0587 e. The van der Waals surface area contributed by atoms with Crippen LogP contribution < -0.4 is 11.1 Å². The van der Waals surface area contributed by atoms with Crippen LogP contribution in [0.5, 0.6) is 0 Å². The van der Waals surface area contributed by atoms with E-state index in [1.165, 1.54) is 19.3 Å². The maximum atomic E-state index is 5.70. The average molecular weight is 214 g/mol. The molecule has 1 fully saturated rings. The molecule has 3 N–H and O–H groups in total. The van der Waals surface area contributed by atoms with Gasteiger partial charge in [-0.1, -0.05) is 13.8 Å². The van der Waals surface area contributed by atoms with Gasteiger partial charge in [0.1, 0.15) is 0 Å². The van der Waals surface area contributed by atoms with E-state index in [0.29, 0.717) is 18.1 Å². The molecule has 0 aromatic carbocycles. The number of rotatable bonds is 6. The fraction of sp³-hybridized carbons (Fsp3) is 1.00. The molecule has 0 amide bonds. The van der Waals surface area contributed by atoms with Crippen LogP contribution in [0.15, 0.2) is 0 Å². The molecular formula is C12H26N2O. The molecule has 1 rings (SSSR count). The molecule has 3 nitrogen and oxygen atoms in total. The lowest BCUT2D eigenvalue weighted by Gasteiger charge is -2.25. The molecule has 2 unspecified atom stereocenters. The van der Waals surface area contributed by atoms with E-state index in [1.807, 2.05) is 0 Å². The van der Waals surface area contributed by atoms with Crippen molar-refractivity contribution < 1.29 is 4.74 Å². The zero-order valence-electron chi connectivity index (χ0n) is 10.2. The topological polar surface area (TPSA) is 47.3 Å². The highest BCUT2D eigenvalue weighted by molar-refractivity contribution is 4.73. The Kier molecular flexibility index (Phi) is 6.22. The lowest BCUT2D eigenvalue weighted by atomic mass is 10.0. The summed E-state index contributed by atoms with van der Waals surface area (Å²) in [6.45, 7) is 7.13. The van der Waals surface area contributed by atoms with E-state index in [9.17, 15) is 0 Å². The van der Waals surface area contributed by atoms with E-state index >= 15 is 0 Å². The summed E-state index contributed by atoms with van der Waals surface area (Å²) in [7, 11) is 0. The predicted octanol–water partition coefficient (Wildman–Crippen LogP) is 1.52. The van der Waals surface area contributed by atoms with Gasteiger partial charge in [0.05, 0.1) is 6.10 Å². The molecule has 0 bridgehead atoms. The monoisotopic (exact) mass is 214 g/mol. The lowest BCUT2D eigenvalue weighted by molar-refractivity contribution is 0.0110. The second-order valence-electron chi connectivity index (χ2n) is 4.82. The highest BCUT2D eigenvalue weighted by Crippen LogP contribution is 2.15. The van der Waals surface area contributed by atoms with Crippen LogP contribution in [0.4, 0.5) is 0 Å². The van der Waals surface area contributed by atoms with Gasteiger partial charge in [0.15, 0.2) is 0 Å². The van der Waals surface area contributed by atoms with E-state index in [-0.39, 0.29) is 0 Å². The summed E-state index contributed by atoms with van der Waals surface area (Å²) in [4.78, 5) is 0. The van der Waals surface area contributed by atoms with Crippen molar-refractivity contribution in [3.63, 3.8) is 0 Å². The second kappa shape index (κ2) is 7.20. The van der Waals surface area contributed by atoms with E-state index in [0.717, 1.165) is 26.1 Å². The molecule has 2 atom stereocenters. The SMILES string of the molecule is CC(C)C(CN)NCCC1CCCCO1. The Balaban J connectivity index is 2.08. The van der Waals surface area contributed by atoms with Crippen molar-refractivity contribution in [3.8, 4) is 0 Å². The van der Waals surface area contributed by atoms with Crippen LogP contribution in [0.25, 0.3) is 0 Å². The first kappa shape index (κ1) is 12.9. The van der Waals surface area contributed by atoms with Crippen molar-refractivity contribution in [1.29, 1.82) is 0 Å². The highest BCUT2D eigenvalue weighted by Gasteiger charge is 2.15. The van der Waals surface area contributed by atoms with Crippen molar-refractivity contribution in [1.82, 2.24) is 5.32 Å². The molecule has 3 heteroatoms. The summed E-state index contributed by atoms with van der Waals surface area (Å²) in [5.41, 5.74) is 5.70. The van der Waals surface area contributed by atoms with E-state index < -0.39 is 0 Å². The van der Waals surface area contributed by atoms with Gasteiger partial charge < -0.3 is 15.8 Å². The summed E-state index contributed by atoms with van der Waals surface area (Å²) in [5, 5.41) is 3.51. The van der Waals surface area contributed by atoms with Crippen LogP contribution in [0, 0.1) is 5.92 Å². The standard InChI is InChI=1S/C12H26N2O/c1-10(2)12(9-13)14-7-6-11-5-3-4-8-15-11/h10-12,14H,3-9,13H2,1-2H3. The Morgan fingerprint density at radius 1 is 1.40 bits per heavy atom. The summed E-state index contributed by atoms with van der Waals surface area (Å²) < 4.78 is 5.68. The van der Waals surface area contributed by atoms with Crippen LogP contribution in [0.3, 0.4) is 0 Å². The van der Waals surface area contributed by atoms with E-state index in [1.54, 1.807) is 0 Å². The summed E-state index contributed by atoms with van der Waals surface area (Å²) in [6, 6.07) is 0.452. The molecule has 1 heterocycles. The Hall–Kier alpha value is -0.120. The van der Waals surface area contributed by atoms with E-state index in [4.69, 9.17) is 10.5 Å². The fourth-order valence-electron chi connectivity index (χ4n) is 2.06. The molecular weight excluding hydrogens is 188 g/mol. The first-order valence-electron chi connectivity index (χ1n) is 6.29. The summed E-state index contributed by atoms with van der Waals surface area (Å²) in [6.07, 6.45) is 5.41. The Labute approximate surface area is 93.8 Å². The molecule has 0 spiro atoms. The summed E-state index contributed by atoms with van der Waals surface area (Å²) >= 11 is 0. The third kappa shape index (κ3) is 4.96. The molecule has 90 valence electrons. The van der Waals surface area contributed by atoms with Crippen molar-refractivity contribution in [2.75, 3.05) is 19.7 Å². The molecule has 0 radical (unpaired) electrons. The summed E-state index contributed by atoms with van der Waals surface area (Å²) in [5.74, 6) is 0.613. The number of nitrogens with two attached hydrogens (primary N) is 1. The Morgan fingerprint density at radius 3 is 2.73 bits per heavy atom. The maximum absolute atomic E-state index is 5.70. The minimum absolute atomic E-state index is 0.452. The van der Waals surface area contributed by atoms with Gasteiger partial charge in [-0.3, -0.25) is 0 Å². The quantitative estimate of drug-likeness (QED) is 0.705. The lowest BCUT2D eigenvalue weighted by Crippen LogP contribution is -2.41. The van der Waals surface area contributed by atoms with Gasteiger partial charge in [0.25, 0.3) is 0 Å². The average Bonchev–Trinajstić information content (AvgIpc) is 2.25.